The summed E-state index contributed by atoms with van der Waals surface area (Å²) in [4.78, 5) is 24.1. The van der Waals surface area contributed by atoms with E-state index in [2.05, 4.69) is 31.4 Å². The van der Waals surface area contributed by atoms with Gasteiger partial charge in [0.05, 0.1) is 0 Å². The van der Waals surface area contributed by atoms with E-state index in [1.807, 2.05) is 25.1 Å². The van der Waals surface area contributed by atoms with Crippen LogP contribution in [-0.4, -0.2) is 17.9 Å². The number of para-hydroxylation sites is 1. The lowest BCUT2D eigenvalue weighted by molar-refractivity contribution is -0.136. The van der Waals surface area contributed by atoms with E-state index >= 15 is 0 Å². The predicted molar refractivity (Wildman–Crippen MR) is 93.2 cm³/mol. The summed E-state index contributed by atoms with van der Waals surface area (Å²) in [6.45, 7) is 8.71. The molecular weight excluding hydrogens is 288 g/mol. The van der Waals surface area contributed by atoms with Crippen LogP contribution in [0.1, 0.15) is 52.0 Å². The Hall–Kier alpha value is -1.84. The van der Waals surface area contributed by atoms with Crippen LogP contribution in [0.4, 0.5) is 5.69 Å². The van der Waals surface area contributed by atoms with Crippen molar-refractivity contribution in [2.24, 2.45) is 11.3 Å². The first-order chi connectivity index (χ1) is 10.8. The van der Waals surface area contributed by atoms with Gasteiger partial charge in [0, 0.05) is 11.7 Å². The first-order valence-electron chi connectivity index (χ1n) is 8.45. The molecule has 0 heterocycles. The molecule has 4 nitrogen and oxygen atoms in total. The summed E-state index contributed by atoms with van der Waals surface area (Å²) in [5, 5.41) is 5.56. The van der Waals surface area contributed by atoms with E-state index in [0.29, 0.717) is 17.0 Å². The zero-order chi connectivity index (χ0) is 17.0. The number of hydrogen-bond donors (Lipinski definition) is 2. The third-order valence-corrected chi connectivity index (χ3v) is 4.89. The number of benzene rings is 1. The maximum absolute atomic E-state index is 12.1. The highest BCUT2D eigenvalue weighted by atomic mass is 16.2. The van der Waals surface area contributed by atoms with E-state index in [0.717, 1.165) is 31.2 Å². The molecule has 0 atom stereocenters. The summed E-state index contributed by atoms with van der Waals surface area (Å²) in [6.07, 6.45) is 4.11. The van der Waals surface area contributed by atoms with Crippen molar-refractivity contribution in [3.8, 4) is 0 Å². The molecule has 2 rings (SSSR count). The number of amides is 2. The van der Waals surface area contributed by atoms with Gasteiger partial charge in [0.15, 0.2) is 0 Å². The SMILES string of the molecule is Cc1ccccc1NC(=O)C(=O)NC1CCC(C(C)(C)C)CC1. The quantitative estimate of drug-likeness (QED) is 0.818. The minimum Gasteiger partial charge on any atom is -0.345 e. The molecule has 1 aromatic carbocycles. The molecule has 0 unspecified atom stereocenters. The van der Waals surface area contributed by atoms with Crippen molar-refractivity contribution in [3.63, 3.8) is 0 Å². The smallest absolute Gasteiger partial charge is 0.313 e. The summed E-state index contributed by atoms with van der Waals surface area (Å²) in [6, 6.07) is 7.56. The van der Waals surface area contributed by atoms with Crippen molar-refractivity contribution in [1.82, 2.24) is 5.32 Å². The first-order valence-corrected chi connectivity index (χ1v) is 8.45. The lowest BCUT2D eigenvalue weighted by atomic mass is 9.71. The van der Waals surface area contributed by atoms with Crippen molar-refractivity contribution < 1.29 is 9.59 Å². The Morgan fingerprint density at radius 3 is 2.17 bits per heavy atom. The van der Waals surface area contributed by atoms with Crippen LogP contribution in [0.3, 0.4) is 0 Å². The maximum atomic E-state index is 12.1. The van der Waals surface area contributed by atoms with Gasteiger partial charge in [-0.3, -0.25) is 9.59 Å². The van der Waals surface area contributed by atoms with Gasteiger partial charge >= 0.3 is 11.8 Å². The van der Waals surface area contributed by atoms with Crippen molar-refractivity contribution >= 4 is 17.5 Å². The van der Waals surface area contributed by atoms with Gasteiger partial charge < -0.3 is 10.6 Å². The lowest BCUT2D eigenvalue weighted by Gasteiger charge is -2.37. The van der Waals surface area contributed by atoms with Gasteiger partial charge in [0.2, 0.25) is 0 Å². The van der Waals surface area contributed by atoms with Crippen LogP contribution in [0.25, 0.3) is 0 Å². The number of hydrogen-bond acceptors (Lipinski definition) is 2. The van der Waals surface area contributed by atoms with Crippen LogP contribution in [0.2, 0.25) is 0 Å². The Kier molecular flexibility index (Phi) is 5.45. The molecule has 0 spiro atoms. The van der Waals surface area contributed by atoms with Crippen LogP contribution < -0.4 is 10.6 Å². The minimum atomic E-state index is -0.586. The molecule has 0 bridgehead atoms. The fourth-order valence-electron chi connectivity index (χ4n) is 3.25. The van der Waals surface area contributed by atoms with Crippen molar-refractivity contribution in [2.75, 3.05) is 5.32 Å². The van der Waals surface area contributed by atoms with E-state index < -0.39 is 11.8 Å². The van der Waals surface area contributed by atoms with Crippen LogP contribution in [-0.2, 0) is 9.59 Å². The molecule has 0 aliphatic heterocycles. The molecule has 1 fully saturated rings. The summed E-state index contributed by atoms with van der Waals surface area (Å²) < 4.78 is 0. The van der Waals surface area contributed by atoms with Gasteiger partial charge in [-0.1, -0.05) is 39.0 Å². The Balaban J connectivity index is 1.83. The molecule has 1 aliphatic rings. The van der Waals surface area contributed by atoms with Crippen LogP contribution in [0.15, 0.2) is 24.3 Å². The van der Waals surface area contributed by atoms with E-state index in [1.54, 1.807) is 6.07 Å². The minimum absolute atomic E-state index is 0.115. The monoisotopic (exact) mass is 316 g/mol. The second-order valence-electron chi connectivity index (χ2n) is 7.66. The molecule has 126 valence electrons. The molecule has 1 saturated carbocycles. The van der Waals surface area contributed by atoms with Crippen molar-refractivity contribution in [1.29, 1.82) is 0 Å². The normalized spacial score (nSPS) is 21.6. The second-order valence-corrected chi connectivity index (χ2v) is 7.66. The summed E-state index contributed by atoms with van der Waals surface area (Å²) in [7, 11) is 0. The Morgan fingerprint density at radius 1 is 1.00 bits per heavy atom. The van der Waals surface area contributed by atoms with Gasteiger partial charge in [-0.2, -0.15) is 0 Å². The molecule has 0 saturated heterocycles. The first kappa shape index (κ1) is 17.5. The fraction of sp³-hybridized carbons (Fsp3) is 0.579. The van der Waals surface area contributed by atoms with Gasteiger partial charge in [-0.15, -0.1) is 0 Å². The van der Waals surface area contributed by atoms with E-state index in [1.165, 1.54) is 0 Å². The Bertz CT molecular complexity index is 567. The fourth-order valence-corrected chi connectivity index (χ4v) is 3.25. The number of carbonyl (C=O) groups excluding carboxylic acids is 2. The van der Waals surface area contributed by atoms with Gasteiger partial charge in [0.25, 0.3) is 0 Å². The van der Waals surface area contributed by atoms with Gasteiger partial charge in [-0.25, -0.2) is 0 Å². The third-order valence-electron chi connectivity index (χ3n) is 4.89. The molecule has 2 N–H and O–H groups in total. The van der Waals surface area contributed by atoms with Crippen LogP contribution in [0.5, 0.6) is 0 Å². The average Bonchev–Trinajstić information content (AvgIpc) is 2.49. The number of rotatable bonds is 2. The maximum Gasteiger partial charge on any atom is 0.313 e. The summed E-state index contributed by atoms with van der Waals surface area (Å²) in [5.74, 6) is -0.429. The largest absolute Gasteiger partial charge is 0.345 e. The predicted octanol–water partition coefficient (Wildman–Crippen LogP) is 3.65. The van der Waals surface area contributed by atoms with Crippen LogP contribution >= 0.6 is 0 Å². The molecule has 1 aromatic rings. The average molecular weight is 316 g/mol. The topological polar surface area (TPSA) is 58.2 Å². The molecule has 0 aromatic heterocycles. The van der Waals surface area contributed by atoms with Crippen molar-refractivity contribution in [3.05, 3.63) is 29.8 Å². The number of nitrogens with one attached hydrogen (secondary N) is 2. The highest BCUT2D eigenvalue weighted by Crippen LogP contribution is 2.37. The lowest BCUT2D eigenvalue weighted by Crippen LogP contribution is -2.44. The third kappa shape index (κ3) is 4.81. The highest BCUT2D eigenvalue weighted by Gasteiger charge is 2.30. The van der Waals surface area contributed by atoms with Crippen LogP contribution in [0, 0.1) is 18.3 Å². The summed E-state index contributed by atoms with van der Waals surface area (Å²) in [5.41, 5.74) is 1.94. The van der Waals surface area contributed by atoms with E-state index in [-0.39, 0.29) is 6.04 Å². The molecule has 0 radical (unpaired) electrons. The number of carbonyl (C=O) groups is 2. The highest BCUT2D eigenvalue weighted by molar-refractivity contribution is 6.39. The number of anilines is 1. The molecule has 1 aliphatic carbocycles. The van der Waals surface area contributed by atoms with Gasteiger partial charge in [-0.05, 0) is 55.6 Å². The van der Waals surface area contributed by atoms with Crippen molar-refractivity contribution in [2.45, 2.75) is 59.4 Å². The zero-order valence-electron chi connectivity index (χ0n) is 14.6. The molecule has 2 amide bonds. The second kappa shape index (κ2) is 7.16. The molecule has 4 heteroatoms. The zero-order valence-corrected chi connectivity index (χ0v) is 14.6. The van der Waals surface area contributed by atoms with E-state index in [9.17, 15) is 9.59 Å². The summed E-state index contributed by atoms with van der Waals surface area (Å²) >= 11 is 0. The Labute approximate surface area is 139 Å². The number of aryl methyl sites for hydroxylation is 1. The van der Waals surface area contributed by atoms with Gasteiger partial charge in [0.1, 0.15) is 0 Å². The Morgan fingerprint density at radius 2 is 1.61 bits per heavy atom. The molecular formula is C19H28N2O2. The van der Waals surface area contributed by atoms with E-state index in [4.69, 9.17) is 0 Å². The molecule has 23 heavy (non-hydrogen) atoms. The standard InChI is InChI=1S/C19H28N2O2/c1-13-7-5-6-8-16(13)21-18(23)17(22)20-15-11-9-14(10-12-15)19(2,3)4/h5-8,14-15H,9-12H2,1-4H3,(H,20,22)(H,21,23).